The van der Waals surface area contributed by atoms with Crippen LogP contribution in [0.25, 0.3) is 10.6 Å². The third-order valence-electron chi connectivity index (χ3n) is 3.78. The first-order valence-electron chi connectivity index (χ1n) is 7.21. The Morgan fingerprint density at radius 2 is 2.27 bits per heavy atom. The Labute approximate surface area is 133 Å². The molecular weight excluding hydrogens is 296 g/mol. The van der Waals surface area contributed by atoms with Crippen molar-refractivity contribution in [1.82, 2.24) is 15.2 Å². The Morgan fingerprint density at radius 1 is 1.45 bits per heavy atom. The normalized spacial score (nSPS) is 17.2. The van der Waals surface area contributed by atoms with E-state index in [1.165, 1.54) is 0 Å². The van der Waals surface area contributed by atoms with E-state index >= 15 is 0 Å². The fraction of sp³-hybridized carbons (Fsp3) is 0.312. The lowest BCUT2D eigenvalue weighted by atomic mass is 10.1. The van der Waals surface area contributed by atoms with Crippen molar-refractivity contribution in [3.8, 4) is 16.8 Å². The van der Waals surface area contributed by atoms with Crippen molar-refractivity contribution in [2.45, 2.75) is 25.4 Å². The van der Waals surface area contributed by atoms with Gasteiger partial charge in [-0.2, -0.15) is 5.26 Å². The minimum Gasteiger partial charge on any atom is -0.350 e. The zero-order valence-corrected chi connectivity index (χ0v) is 12.8. The second-order valence-electron chi connectivity index (χ2n) is 5.20. The van der Waals surface area contributed by atoms with Gasteiger partial charge in [-0.25, -0.2) is 4.98 Å². The molecule has 1 atom stereocenters. The monoisotopic (exact) mass is 312 g/mol. The third-order valence-corrected chi connectivity index (χ3v) is 4.61. The molecule has 0 bridgehead atoms. The number of carbonyl (C=O) groups excluding carboxylic acids is 1. The molecule has 1 fully saturated rings. The lowest BCUT2D eigenvalue weighted by molar-refractivity contribution is -0.124. The van der Waals surface area contributed by atoms with E-state index in [1.807, 2.05) is 29.6 Å². The largest absolute Gasteiger partial charge is 0.350 e. The summed E-state index contributed by atoms with van der Waals surface area (Å²) < 4.78 is 0. The summed E-state index contributed by atoms with van der Waals surface area (Å²) in [6.45, 7) is 1.16. The molecule has 22 heavy (non-hydrogen) atoms. The molecular formula is C16H16N4OS. The Hall–Kier alpha value is -2.39. The van der Waals surface area contributed by atoms with Crippen molar-refractivity contribution in [2.24, 2.45) is 0 Å². The molecule has 0 radical (unpaired) electrons. The average molecular weight is 312 g/mol. The van der Waals surface area contributed by atoms with E-state index in [0.29, 0.717) is 13.1 Å². The molecule has 1 N–H and O–H groups in total. The molecule has 0 spiro atoms. The molecule has 6 heteroatoms. The van der Waals surface area contributed by atoms with E-state index in [4.69, 9.17) is 5.26 Å². The van der Waals surface area contributed by atoms with Crippen molar-refractivity contribution in [3.05, 3.63) is 41.4 Å². The van der Waals surface area contributed by atoms with Gasteiger partial charge in [-0.15, -0.1) is 11.3 Å². The van der Waals surface area contributed by atoms with Crippen LogP contribution in [0.15, 0.2) is 35.8 Å². The molecule has 112 valence electrons. The van der Waals surface area contributed by atoms with E-state index in [9.17, 15) is 4.79 Å². The molecule has 5 nitrogen and oxygen atoms in total. The molecule has 3 rings (SSSR count). The molecule has 2 aromatic rings. The van der Waals surface area contributed by atoms with Crippen molar-refractivity contribution < 1.29 is 4.79 Å². The van der Waals surface area contributed by atoms with E-state index < -0.39 is 0 Å². The van der Waals surface area contributed by atoms with Crippen LogP contribution in [0.2, 0.25) is 0 Å². The van der Waals surface area contributed by atoms with Crippen LogP contribution in [-0.2, 0) is 11.3 Å². The minimum absolute atomic E-state index is 0.0666. The molecule has 0 aliphatic carbocycles. The standard InChI is InChI=1S/C16H16N4OS/c17-11-20-8-1-2-14(20)15(21)19-10-12-3-5-13(6-4-12)16-18-7-9-22-16/h3-7,9,14H,1-2,8,10H2,(H,19,21). The summed E-state index contributed by atoms with van der Waals surface area (Å²) in [4.78, 5) is 18.0. The zero-order chi connectivity index (χ0) is 15.4. The first-order valence-corrected chi connectivity index (χ1v) is 8.09. The topological polar surface area (TPSA) is 69.0 Å². The summed E-state index contributed by atoms with van der Waals surface area (Å²) in [5.74, 6) is -0.0666. The van der Waals surface area contributed by atoms with Crippen molar-refractivity contribution >= 4 is 17.2 Å². The molecule has 2 heterocycles. The number of thiazole rings is 1. The lowest BCUT2D eigenvalue weighted by Gasteiger charge is -2.17. The maximum atomic E-state index is 12.1. The van der Waals surface area contributed by atoms with E-state index in [0.717, 1.165) is 29.0 Å². The highest BCUT2D eigenvalue weighted by atomic mass is 32.1. The minimum atomic E-state index is -0.306. The average Bonchev–Trinajstić information content (AvgIpc) is 3.24. The number of hydrogen-bond donors (Lipinski definition) is 1. The molecule has 1 aromatic heterocycles. The van der Waals surface area contributed by atoms with Crippen LogP contribution in [0.5, 0.6) is 0 Å². The first kappa shape index (κ1) is 14.5. The SMILES string of the molecule is N#CN1CCCC1C(=O)NCc1ccc(-c2nccs2)cc1. The number of carbonyl (C=O) groups is 1. The molecule has 1 unspecified atom stereocenters. The van der Waals surface area contributed by atoms with E-state index in [1.54, 1.807) is 22.4 Å². The summed E-state index contributed by atoms with van der Waals surface area (Å²) >= 11 is 1.60. The van der Waals surface area contributed by atoms with Crippen LogP contribution in [0.3, 0.4) is 0 Å². The Morgan fingerprint density at radius 3 is 2.95 bits per heavy atom. The van der Waals surface area contributed by atoms with Crippen molar-refractivity contribution in [1.29, 1.82) is 5.26 Å². The Bertz CT molecular complexity index is 675. The second-order valence-corrected chi connectivity index (χ2v) is 6.10. The molecule has 1 saturated heterocycles. The van der Waals surface area contributed by atoms with E-state index in [2.05, 4.69) is 16.5 Å². The highest BCUT2D eigenvalue weighted by Gasteiger charge is 2.29. The molecule has 1 aliphatic rings. The first-order chi connectivity index (χ1) is 10.8. The number of nitrogens with one attached hydrogen (secondary N) is 1. The van der Waals surface area contributed by atoms with Crippen molar-refractivity contribution in [2.75, 3.05) is 6.54 Å². The number of hydrogen-bond acceptors (Lipinski definition) is 5. The van der Waals surface area contributed by atoms with Gasteiger partial charge in [0, 0.05) is 30.2 Å². The number of nitrogens with zero attached hydrogens (tertiary/aromatic N) is 3. The van der Waals surface area contributed by atoms with Gasteiger partial charge in [0.1, 0.15) is 11.0 Å². The number of aromatic nitrogens is 1. The quantitative estimate of drug-likeness (QED) is 0.880. The lowest BCUT2D eigenvalue weighted by Crippen LogP contribution is -2.40. The Balaban J connectivity index is 1.58. The van der Waals surface area contributed by atoms with Crippen LogP contribution < -0.4 is 5.32 Å². The van der Waals surface area contributed by atoms with Crippen LogP contribution in [0.4, 0.5) is 0 Å². The molecule has 1 aliphatic heterocycles. The molecule has 1 amide bonds. The van der Waals surface area contributed by atoms with Gasteiger partial charge in [-0.05, 0) is 18.4 Å². The summed E-state index contributed by atoms with van der Waals surface area (Å²) in [6.07, 6.45) is 5.52. The van der Waals surface area contributed by atoms with Gasteiger partial charge in [-0.3, -0.25) is 9.69 Å². The number of amides is 1. The number of likely N-dealkylation sites (tertiary alicyclic amines) is 1. The number of rotatable bonds is 4. The Kier molecular flexibility index (Phi) is 4.35. The van der Waals surface area contributed by atoms with Gasteiger partial charge in [-0.1, -0.05) is 24.3 Å². The summed E-state index contributed by atoms with van der Waals surface area (Å²) in [5, 5.41) is 14.8. The number of benzene rings is 1. The highest BCUT2D eigenvalue weighted by molar-refractivity contribution is 7.13. The van der Waals surface area contributed by atoms with Gasteiger partial charge in [0.05, 0.1) is 0 Å². The predicted octanol–water partition coefficient (Wildman–Crippen LogP) is 2.37. The summed E-state index contributed by atoms with van der Waals surface area (Å²) in [5.41, 5.74) is 2.12. The summed E-state index contributed by atoms with van der Waals surface area (Å²) in [6, 6.07) is 7.70. The number of nitriles is 1. The van der Waals surface area contributed by atoms with Crippen LogP contribution in [-0.4, -0.2) is 28.4 Å². The molecule has 0 saturated carbocycles. The van der Waals surface area contributed by atoms with Crippen molar-refractivity contribution in [3.63, 3.8) is 0 Å². The predicted molar refractivity (Wildman–Crippen MR) is 84.7 cm³/mol. The van der Waals surface area contributed by atoms with Gasteiger partial charge in [0.15, 0.2) is 6.19 Å². The fourth-order valence-corrected chi connectivity index (χ4v) is 3.24. The van der Waals surface area contributed by atoms with Crippen LogP contribution >= 0.6 is 11.3 Å². The maximum Gasteiger partial charge on any atom is 0.243 e. The van der Waals surface area contributed by atoms with Gasteiger partial charge in [0.2, 0.25) is 5.91 Å². The molecule has 1 aromatic carbocycles. The van der Waals surface area contributed by atoms with E-state index in [-0.39, 0.29) is 11.9 Å². The summed E-state index contributed by atoms with van der Waals surface area (Å²) in [7, 11) is 0. The van der Waals surface area contributed by atoms with Gasteiger partial charge >= 0.3 is 0 Å². The third kappa shape index (κ3) is 3.10. The van der Waals surface area contributed by atoms with Gasteiger partial charge in [0.25, 0.3) is 0 Å². The van der Waals surface area contributed by atoms with Crippen LogP contribution in [0, 0.1) is 11.5 Å². The second kappa shape index (κ2) is 6.58. The maximum absolute atomic E-state index is 12.1. The smallest absolute Gasteiger partial charge is 0.243 e. The van der Waals surface area contributed by atoms with Crippen LogP contribution in [0.1, 0.15) is 18.4 Å². The highest BCUT2D eigenvalue weighted by Crippen LogP contribution is 2.22. The fourth-order valence-electron chi connectivity index (χ4n) is 2.60. The zero-order valence-electron chi connectivity index (χ0n) is 12.0. The van der Waals surface area contributed by atoms with Gasteiger partial charge < -0.3 is 5.32 Å².